The Bertz CT molecular complexity index is 1080. The smallest absolute Gasteiger partial charge is 0.191 e. The van der Waals surface area contributed by atoms with E-state index >= 15 is 0 Å². The highest BCUT2D eigenvalue weighted by Gasteiger charge is 2.02. The van der Waals surface area contributed by atoms with Gasteiger partial charge in [-0.25, -0.2) is 4.98 Å². The molecule has 2 aromatic carbocycles. The maximum atomic E-state index is 4.33. The number of aryl methyl sites for hydroxylation is 1. The third kappa shape index (κ3) is 6.33. The summed E-state index contributed by atoms with van der Waals surface area (Å²) in [4.78, 5) is 8.42. The first-order valence-corrected chi connectivity index (χ1v) is 10.3. The fourth-order valence-corrected chi connectivity index (χ4v) is 3.55. The van der Waals surface area contributed by atoms with E-state index in [1.165, 1.54) is 22.0 Å². The van der Waals surface area contributed by atoms with E-state index in [4.69, 9.17) is 0 Å². The van der Waals surface area contributed by atoms with E-state index in [1.54, 1.807) is 6.20 Å². The minimum Gasteiger partial charge on any atom is -0.356 e. The zero-order valence-electron chi connectivity index (χ0n) is 17.7. The van der Waals surface area contributed by atoms with E-state index in [1.807, 2.05) is 19.6 Å². The number of hydrogen-bond acceptors (Lipinski definition) is 2. The molecule has 0 aliphatic rings. The van der Waals surface area contributed by atoms with Gasteiger partial charge in [0, 0.05) is 57.3 Å². The highest BCUT2D eigenvalue weighted by Crippen LogP contribution is 2.15. The number of imidazole rings is 1. The van der Waals surface area contributed by atoms with Crippen molar-refractivity contribution in [2.24, 2.45) is 4.99 Å². The highest BCUT2D eigenvalue weighted by atomic mass is 127. The summed E-state index contributed by atoms with van der Waals surface area (Å²) in [7, 11) is 1.81. The van der Waals surface area contributed by atoms with Gasteiger partial charge in [0.25, 0.3) is 0 Å². The highest BCUT2D eigenvalue weighted by molar-refractivity contribution is 14.0. The standard InChI is InChI=1S/C24H28N6.HI/c1-25-24(27-12-4-14-30-15-11-22-5-2-3-6-23(22)30)28-17-20-7-9-21(10-8-20)18-29-16-13-26-19-29;/h2-3,5-11,13,15-16,19H,4,12,14,17-18H2,1H3,(H2,25,27,28);1H. The van der Waals surface area contributed by atoms with E-state index in [9.17, 15) is 0 Å². The van der Waals surface area contributed by atoms with Crippen LogP contribution in [0.1, 0.15) is 17.5 Å². The van der Waals surface area contributed by atoms with Crippen molar-refractivity contribution in [2.45, 2.75) is 26.1 Å². The van der Waals surface area contributed by atoms with Crippen LogP contribution in [0.2, 0.25) is 0 Å². The van der Waals surface area contributed by atoms with Crippen molar-refractivity contribution in [1.82, 2.24) is 24.8 Å². The quantitative estimate of drug-likeness (QED) is 0.156. The zero-order chi connectivity index (χ0) is 20.6. The minimum atomic E-state index is 0. The van der Waals surface area contributed by atoms with Gasteiger partial charge in [-0.05, 0) is 35.1 Å². The van der Waals surface area contributed by atoms with Crippen LogP contribution in [-0.2, 0) is 19.6 Å². The van der Waals surface area contributed by atoms with Crippen LogP contribution in [0, 0.1) is 0 Å². The number of aromatic nitrogens is 3. The van der Waals surface area contributed by atoms with E-state index in [2.05, 4.69) is 90.5 Å². The Labute approximate surface area is 200 Å². The summed E-state index contributed by atoms with van der Waals surface area (Å²) in [6, 6.07) is 19.3. The predicted molar refractivity (Wildman–Crippen MR) is 138 cm³/mol. The fraction of sp³-hybridized carbons (Fsp3) is 0.250. The number of halogens is 1. The third-order valence-electron chi connectivity index (χ3n) is 5.18. The number of benzene rings is 2. The fourth-order valence-electron chi connectivity index (χ4n) is 3.55. The number of nitrogens with one attached hydrogen (secondary N) is 2. The molecule has 2 N–H and O–H groups in total. The molecule has 4 rings (SSSR count). The SMILES string of the molecule is CN=C(NCCCn1ccc2ccccc21)NCc1ccc(Cn2ccnc2)cc1.I. The molecule has 0 atom stereocenters. The minimum absolute atomic E-state index is 0. The van der Waals surface area contributed by atoms with Gasteiger partial charge in [0.15, 0.2) is 5.96 Å². The average Bonchev–Trinajstić information content (AvgIpc) is 3.44. The van der Waals surface area contributed by atoms with Gasteiger partial charge in [0.2, 0.25) is 0 Å². The molecule has 0 unspecified atom stereocenters. The third-order valence-corrected chi connectivity index (χ3v) is 5.18. The van der Waals surface area contributed by atoms with E-state index in [0.717, 1.165) is 38.6 Å². The maximum Gasteiger partial charge on any atom is 0.191 e. The second-order valence-corrected chi connectivity index (χ2v) is 7.33. The molecule has 0 aliphatic heterocycles. The van der Waals surface area contributed by atoms with Crippen LogP contribution in [0.5, 0.6) is 0 Å². The van der Waals surface area contributed by atoms with Gasteiger partial charge in [0.05, 0.1) is 6.33 Å². The van der Waals surface area contributed by atoms with Crippen molar-refractivity contribution in [3.8, 4) is 0 Å². The van der Waals surface area contributed by atoms with Crippen LogP contribution in [0.4, 0.5) is 0 Å². The second kappa shape index (κ2) is 11.5. The van der Waals surface area contributed by atoms with Crippen LogP contribution in [0.25, 0.3) is 10.9 Å². The average molecular weight is 528 g/mol. The first kappa shape index (κ1) is 22.9. The summed E-state index contributed by atoms with van der Waals surface area (Å²) in [5.74, 6) is 0.829. The Hall–Kier alpha value is -2.81. The molecule has 0 saturated carbocycles. The molecule has 2 heterocycles. The molecule has 0 bridgehead atoms. The number of rotatable bonds is 8. The molecule has 0 fully saturated rings. The number of guanidine groups is 1. The van der Waals surface area contributed by atoms with Crippen molar-refractivity contribution in [3.63, 3.8) is 0 Å². The predicted octanol–water partition coefficient (Wildman–Crippen LogP) is 4.26. The molecule has 31 heavy (non-hydrogen) atoms. The van der Waals surface area contributed by atoms with Crippen molar-refractivity contribution in [2.75, 3.05) is 13.6 Å². The number of hydrogen-bond donors (Lipinski definition) is 2. The molecule has 7 heteroatoms. The van der Waals surface area contributed by atoms with Crippen LogP contribution >= 0.6 is 24.0 Å². The van der Waals surface area contributed by atoms with Gasteiger partial charge in [-0.1, -0.05) is 42.5 Å². The van der Waals surface area contributed by atoms with Crippen molar-refractivity contribution < 1.29 is 0 Å². The maximum absolute atomic E-state index is 4.33. The molecular weight excluding hydrogens is 499 g/mol. The Kier molecular flexibility index (Phi) is 8.52. The normalized spacial score (nSPS) is 11.3. The molecule has 0 radical (unpaired) electrons. The molecule has 0 aliphatic carbocycles. The van der Waals surface area contributed by atoms with Gasteiger partial charge in [-0.3, -0.25) is 4.99 Å². The monoisotopic (exact) mass is 528 g/mol. The van der Waals surface area contributed by atoms with Gasteiger partial charge in [-0.2, -0.15) is 0 Å². The Balaban J connectivity index is 0.00000272. The summed E-state index contributed by atoms with van der Waals surface area (Å²) >= 11 is 0. The molecule has 4 aromatic rings. The number of aliphatic imine (C=N–C) groups is 1. The van der Waals surface area contributed by atoms with Crippen molar-refractivity contribution in [3.05, 3.63) is 90.6 Å². The van der Waals surface area contributed by atoms with E-state index in [-0.39, 0.29) is 24.0 Å². The first-order valence-electron chi connectivity index (χ1n) is 10.3. The largest absolute Gasteiger partial charge is 0.356 e. The Morgan fingerprint density at radius 1 is 0.968 bits per heavy atom. The summed E-state index contributed by atoms with van der Waals surface area (Å²) in [5, 5.41) is 8.09. The first-order chi connectivity index (χ1) is 14.8. The van der Waals surface area contributed by atoms with E-state index in [0.29, 0.717) is 0 Å². The lowest BCUT2D eigenvalue weighted by Gasteiger charge is -2.13. The molecule has 2 aromatic heterocycles. The van der Waals surface area contributed by atoms with Gasteiger partial charge in [0.1, 0.15) is 0 Å². The Morgan fingerprint density at radius 2 is 1.77 bits per heavy atom. The molecule has 162 valence electrons. The van der Waals surface area contributed by atoms with Gasteiger partial charge >= 0.3 is 0 Å². The van der Waals surface area contributed by atoms with Crippen molar-refractivity contribution in [1.29, 1.82) is 0 Å². The summed E-state index contributed by atoms with van der Waals surface area (Å²) in [5.41, 5.74) is 3.78. The van der Waals surface area contributed by atoms with Crippen LogP contribution in [0.3, 0.4) is 0 Å². The molecule has 0 amide bonds. The lowest BCUT2D eigenvalue weighted by molar-refractivity contribution is 0.640. The summed E-state index contributed by atoms with van der Waals surface area (Å²) in [6.07, 6.45) is 8.81. The number of para-hydroxylation sites is 1. The lowest BCUT2D eigenvalue weighted by Crippen LogP contribution is -2.37. The van der Waals surface area contributed by atoms with Gasteiger partial charge < -0.3 is 19.8 Å². The number of nitrogens with zero attached hydrogens (tertiary/aromatic N) is 4. The molecule has 0 spiro atoms. The zero-order valence-corrected chi connectivity index (χ0v) is 20.1. The van der Waals surface area contributed by atoms with E-state index < -0.39 is 0 Å². The van der Waals surface area contributed by atoms with Gasteiger partial charge in [-0.15, -0.1) is 24.0 Å². The number of fused-ring (bicyclic) bond motifs is 1. The second-order valence-electron chi connectivity index (χ2n) is 7.33. The Morgan fingerprint density at radius 3 is 2.55 bits per heavy atom. The molecule has 0 saturated heterocycles. The summed E-state index contributed by atoms with van der Waals surface area (Å²) in [6.45, 7) is 3.44. The molecule has 6 nitrogen and oxygen atoms in total. The van der Waals surface area contributed by atoms with Crippen LogP contribution in [-0.4, -0.2) is 33.7 Å². The van der Waals surface area contributed by atoms with Crippen LogP contribution < -0.4 is 10.6 Å². The van der Waals surface area contributed by atoms with Crippen molar-refractivity contribution >= 4 is 40.8 Å². The summed E-state index contributed by atoms with van der Waals surface area (Å²) < 4.78 is 4.37. The topological polar surface area (TPSA) is 59.2 Å². The van der Waals surface area contributed by atoms with Crippen LogP contribution in [0.15, 0.2) is 84.5 Å². The molecular formula is C24H29IN6. The lowest BCUT2D eigenvalue weighted by atomic mass is 10.1.